The van der Waals surface area contributed by atoms with Crippen LogP contribution in [0.1, 0.15) is 34.2 Å². The molecular formula is C33H41NO6. The molecule has 3 aromatic carbocycles. The molecule has 0 aliphatic heterocycles. The minimum atomic E-state index is -1.17. The van der Waals surface area contributed by atoms with Crippen LogP contribution in [0.15, 0.2) is 84.9 Å². The Hall–Kier alpha value is -3.49. The van der Waals surface area contributed by atoms with Crippen LogP contribution in [-0.4, -0.2) is 57.4 Å². The van der Waals surface area contributed by atoms with Gasteiger partial charge in [-0.3, -0.25) is 4.79 Å². The molecule has 3 rings (SSSR count). The van der Waals surface area contributed by atoms with Crippen LogP contribution in [0.2, 0.25) is 0 Å². The number of benzene rings is 3. The lowest BCUT2D eigenvalue weighted by Gasteiger charge is -2.23. The summed E-state index contributed by atoms with van der Waals surface area (Å²) in [6, 6.07) is 21.6. The number of esters is 1. The van der Waals surface area contributed by atoms with Crippen molar-refractivity contribution in [2.75, 3.05) is 6.61 Å². The van der Waals surface area contributed by atoms with Crippen LogP contribution < -0.4 is 5.73 Å². The summed E-state index contributed by atoms with van der Waals surface area (Å²) >= 11 is 0. The Labute approximate surface area is 236 Å². The molecule has 5 atom stereocenters. The Balaban J connectivity index is 1.65. The summed E-state index contributed by atoms with van der Waals surface area (Å²) in [5.41, 5.74) is 10.9. The second-order valence-corrected chi connectivity index (χ2v) is 10.4. The van der Waals surface area contributed by atoms with E-state index in [9.17, 15) is 25.2 Å². The van der Waals surface area contributed by atoms with E-state index in [2.05, 4.69) is 0 Å². The Morgan fingerprint density at radius 1 is 0.900 bits per heavy atom. The number of nitrogens with two attached hydrogens (primary N) is 1. The zero-order valence-corrected chi connectivity index (χ0v) is 23.2. The topological polar surface area (TPSA) is 133 Å². The number of ether oxygens (including phenoxy) is 1. The SMILES string of the molecule is Cc1cc(O)cc(C)c1C[C@H](N)[C@@H](O)C/C=C/[C@H](O)[C@@H](Cc1ccccc1)C(=O)O[C@H](CO)Cc1ccccc1. The standard InChI is InChI=1S/C33H41NO6/c1-22-16-26(36)17-23(2)28(22)20-30(34)32(38)15-9-14-31(37)29(19-25-12-7-4-8-13-25)33(39)40-27(21-35)18-24-10-5-3-6-11-24/h3-14,16-17,27,29-32,35-38H,15,18-21,34H2,1-2H3/b14-9+/t27-,29+,30-,31-,32-/m0/s1. The number of hydrogen-bond acceptors (Lipinski definition) is 7. The number of phenols is 1. The lowest BCUT2D eigenvalue weighted by molar-refractivity contribution is -0.159. The Morgan fingerprint density at radius 2 is 1.45 bits per heavy atom. The summed E-state index contributed by atoms with van der Waals surface area (Å²) in [6.45, 7) is 3.45. The molecular weight excluding hydrogens is 506 g/mol. The molecule has 7 heteroatoms. The van der Waals surface area contributed by atoms with Crippen LogP contribution in [0.4, 0.5) is 0 Å². The number of phenolic OH excluding ortho intramolecular Hbond substituents is 1. The monoisotopic (exact) mass is 547 g/mol. The highest BCUT2D eigenvalue weighted by Crippen LogP contribution is 2.23. The number of aliphatic hydroxyl groups is 3. The number of carbonyl (C=O) groups is 1. The van der Waals surface area contributed by atoms with Gasteiger partial charge >= 0.3 is 5.97 Å². The molecule has 0 aliphatic carbocycles. The molecule has 0 unspecified atom stereocenters. The molecule has 0 bridgehead atoms. The number of aliphatic hydroxyl groups excluding tert-OH is 3. The number of aryl methyl sites for hydroxylation is 2. The first-order chi connectivity index (χ1) is 19.2. The molecule has 40 heavy (non-hydrogen) atoms. The van der Waals surface area contributed by atoms with E-state index in [1.54, 1.807) is 18.2 Å². The van der Waals surface area contributed by atoms with Gasteiger partial charge in [0, 0.05) is 12.5 Å². The number of carbonyl (C=O) groups excluding carboxylic acids is 1. The third-order valence-corrected chi connectivity index (χ3v) is 7.13. The first-order valence-electron chi connectivity index (χ1n) is 13.6. The van der Waals surface area contributed by atoms with Crippen LogP contribution in [0.25, 0.3) is 0 Å². The van der Waals surface area contributed by atoms with Gasteiger partial charge in [0.15, 0.2) is 0 Å². The van der Waals surface area contributed by atoms with Gasteiger partial charge < -0.3 is 30.9 Å². The minimum Gasteiger partial charge on any atom is -0.508 e. The molecule has 0 spiro atoms. The van der Waals surface area contributed by atoms with Crippen molar-refractivity contribution in [1.29, 1.82) is 0 Å². The minimum absolute atomic E-state index is 0.189. The van der Waals surface area contributed by atoms with E-state index in [1.165, 1.54) is 6.08 Å². The van der Waals surface area contributed by atoms with Crippen molar-refractivity contribution in [2.45, 2.75) is 63.9 Å². The van der Waals surface area contributed by atoms with Gasteiger partial charge in [0.2, 0.25) is 0 Å². The summed E-state index contributed by atoms with van der Waals surface area (Å²) in [5, 5.41) is 41.3. The van der Waals surface area contributed by atoms with Gasteiger partial charge in [-0.25, -0.2) is 0 Å². The van der Waals surface area contributed by atoms with Crippen molar-refractivity contribution in [3.8, 4) is 5.75 Å². The lowest BCUT2D eigenvalue weighted by atomic mass is 9.92. The van der Waals surface area contributed by atoms with Gasteiger partial charge in [-0.2, -0.15) is 0 Å². The summed E-state index contributed by atoms with van der Waals surface area (Å²) < 4.78 is 5.65. The molecule has 214 valence electrons. The molecule has 7 nitrogen and oxygen atoms in total. The average molecular weight is 548 g/mol. The zero-order valence-electron chi connectivity index (χ0n) is 23.2. The molecule has 0 heterocycles. The quantitative estimate of drug-likeness (QED) is 0.154. The van der Waals surface area contributed by atoms with Gasteiger partial charge in [0.25, 0.3) is 0 Å². The Bertz CT molecular complexity index is 1210. The van der Waals surface area contributed by atoms with Crippen molar-refractivity contribution in [3.05, 3.63) is 113 Å². The molecule has 0 aliphatic rings. The number of aromatic hydroxyl groups is 1. The average Bonchev–Trinajstić information content (AvgIpc) is 2.94. The largest absolute Gasteiger partial charge is 0.508 e. The van der Waals surface area contributed by atoms with Gasteiger partial charge in [-0.15, -0.1) is 0 Å². The maximum Gasteiger partial charge on any atom is 0.312 e. The summed E-state index contributed by atoms with van der Waals surface area (Å²) in [5.74, 6) is -1.32. The Morgan fingerprint density at radius 3 is 2.00 bits per heavy atom. The fourth-order valence-corrected chi connectivity index (χ4v) is 4.81. The maximum absolute atomic E-state index is 13.2. The molecule has 0 amide bonds. The van der Waals surface area contributed by atoms with Crippen LogP contribution in [0.3, 0.4) is 0 Å². The van der Waals surface area contributed by atoms with Gasteiger partial charge in [0.1, 0.15) is 11.9 Å². The zero-order chi connectivity index (χ0) is 29.1. The predicted molar refractivity (Wildman–Crippen MR) is 156 cm³/mol. The smallest absolute Gasteiger partial charge is 0.312 e. The van der Waals surface area contributed by atoms with Crippen LogP contribution in [-0.2, 0) is 28.8 Å². The van der Waals surface area contributed by atoms with E-state index >= 15 is 0 Å². The first-order valence-corrected chi connectivity index (χ1v) is 13.6. The number of rotatable bonds is 14. The van der Waals surface area contributed by atoms with Crippen molar-refractivity contribution in [3.63, 3.8) is 0 Å². The maximum atomic E-state index is 13.2. The molecule has 0 saturated heterocycles. The highest BCUT2D eigenvalue weighted by Gasteiger charge is 2.29. The van der Waals surface area contributed by atoms with E-state index < -0.39 is 36.2 Å². The third-order valence-electron chi connectivity index (χ3n) is 7.13. The van der Waals surface area contributed by atoms with Crippen molar-refractivity contribution < 1.29 is 30.0 Å². The normalized spacial score (nSPS) is 15.3. The lowest BCUT2D eigenvalue weighted by Crippen LogP contribution is -2.37. The van der Waals surface area contributed by atoms with Crippen molar-refractivity contribution >= 4 is 5.97 Å². The van der Waals surface area contributed by atoms with Gasteiger partial charge in [-0.1, -0.05) is 72.8 Å². The summed E-state index contributed by atoms with van der Waals surface area (Å²) in [6.07, 6.45) is 1.56. The third kappa shape index (κ3) is 9.31. The highest BCUT2D eigenvalue weighted by atomic mass is 16.6. The van der Waals surface area contributed by atoms with E-state index in [1.807, 2.05) is 74.5 Å². The molecule has 6 N–H and O–H groups in total. The van der Waals surface area contributed by atoms with Crippen LogP contribution in [0, 0.1) is 19.8 Å². The highest BCUT2D eigenvalue weighted by molar-refractivity contribution is 5.74. The second kappa shape index (κ2) is 15.3. The Kier molecular flexibility index (Phi) is 11.9. The van der Waals surface area contributed by atoms with Crippen LogP contribution >= 0.6 is 0 Å². The fraction of sp³-hybridized carbons (Fsp3) is 0.364. The van der Waals surface area contributed by atoms with Crippen molar-refractivity contribution in [1.82, 2.24) is 0 Å². The van der Waals surface area contributed by atoms with Gasteiger partial charge in [0.05, 0.1) is 24.7 Å². The molecule has 3 aromatic rings. The van der Waals surface area contributed by atoms with E-state index in [4.69, 9.17) is 10.5 Å². The van der Waals surface area contributed by atoms with E-state index in [-0.39, 0.29) is 25.2 Å². The summed E-state index contributed by atoms with van der Waals surface area (Å²) in [4.78, 5) is 13.2. The summed E-state index contributed by atoms with van der Waals surface area (Å²) in [7, 11) is 0. The van der Waals surface area contributed by atoms with Gasteiger partial charge in [-0.05, 0) is 73.1 Å². The first kappa shape index (κ1) is 31.0. The molecule has 0 aromatic heterocycles. The van der Waals surface area contributed by atoms with E-state index in [0.717, 1.165) is 27.8 Å². The predicted octanol–water partition coefficient (Wildman–Crippen LogP) is 3.55. The van der Waals surface area contributed by atoms with Crippen molar-refractivity contribution in [2.24, 2.45) is 11.7 Å². The molecule has 0 fully saturated rings. The number of hydrogen-bond donors (Lipinski definition) is 5. The fourth-order valence-electron chi connectivity index (χ4n) is 4.81. The second-order valence-electron chi connectivity index (χ2n) is 10.4. The molecule has 0 radical (unpaired) electrons. The molecule has 0 saturated carbocycles. The van der Waals surface area contributed by atoms with E-state index in [0.29, 0.717) is 12.8 Å². The van der Waals surface area contributed by atoms with Crippen LogP contribution in [0.5, 0.6) is 5.75 Å².